The number of hydrogen-bond donors (Lipinski definition) is 0. The van der Waals surface area contributed by atoms with Crippen molar-refractivity contribution in [3.05, 3.63) is 27.2 Å². The van der Waals surface area contributed by atoms with Crippen LogP contribution in [0.2, 0.25) is 0 Å². The van der Waals surface area contributed by atoms with E-state index in [1.54, 1.807) is 11.3 Å². The van der Waals surface area contributed by atoms with Gasteiger partial charge >= 0.3 is 0 Å². The summed E-state index contributed by atoms with van der Waals surface area (Å²) in [6, 6.07) is 0.486. The molecular weight excluding hydrogens is 264 g/mol. The maximum atomic E-state index is 4.49. The van der Waals surface area contributed by atoms with Crippen LogP contribution in [0.5, 0.6) is 0 Å². The van der Waals surface area contributed by atoms with Gasteiger partial charge in [0.05, 0.1) is 16.6 Å². The molecule has 0 radical (unpaired) electrons. The maximum absolute atomic E-state index is 4.49. The van der Waals surface area contributed by atoms with Gasteiger partial charge in [-0.3, -0.25) is 4.90 Å². The van der Waals surface area contributed by atoms with E-state index in [0.717, 1.165) is 18.8 Å². The summed E-state index contributed by atoms with van der Waals surface area (Å²) < 4.78 is 4.03. The normalized spacial score (nSPS) is 21.3. The van der Waals surface area contributed by atoms with Crippen molar-refractivity contribution in [3.8, 4) is 0 Å². The van der Waals surface area contributed by atoms with E-state index in [9.17, 15) is 0 Å². The molecule has 1 saturated heterocycles. The fraction of sp³-hybridized carbons (Fsp3) is 0.583. The second kappa shape index (κ2) is 5.42. The predicted molar refractivity (Wildman–Crippen MR) is 73.8 cm³/mol. The van der Waals surface area contributed by atoms with Crippen molar-refractivity contribution < 1.29 is 0 Å². The van der Waals surface area contributed by atoms with E-state index in [1.807, 2.05) is 13.1 Å². The Morgan fingerprint density at radius 2 is 2.39 bits per heavy atom. The lowest BCUT2D eigenvalue weighted by Crippen LogP contribution is -2.32. The van der Waals surface area contributed by atoms with Gasteiger partial charge in [0.25, 0.3) is 0 Å². The van der Waals surface area contributed by atoms with Gasteiger partial charge in [0.1, 0.15) is 5.01 Å². The largest absolute Gasteiger partial charge is 0.289 e. The molecule has 0 aromatic carbocycles. The molecule has 6 heteroatoms. The Kier molecular flexibility index (Phi) is 3.67. The van der Waals surface area contributed by atoms with Gasteiger partial charge in [-0.25, -0.2) is 4.98 Å². The third-order valence-corrected chi connectivity index (χ3v) is 5.13. The minimum atomic E-state index is 0.486. The first-order valence-corrected chi connectivity index (χ1v) is 7.91. The number of aryl methyl sites for hydroxylation is 1. The highest BCUT2D eigenvalue weighted by molar-refractivity contribution is 7.09. The van der Waals surface area contributed by atoms with E-state index in [-0.39, 0.29) is 0 Å². The summed E-state index contributed by atoms with van der Waals surface area (Å²) in [5.41, 5.74) is 1.07. The molecule has 96 valence electrons. The van der Waals surface area contributed by atoms with Crippen molar-refractivity contribution in [2.24, 2.45) is 0 Å². The molecule has 1 fully saturated rings. The van der Waals surface area contributed by atoms with Crippen LogP contribution in [0, 0.1) is 6.92 Å². The van der Waals surface area contributed by atoms with Crippen molar-refractivity contribution in [1.82, 2.24) is 19.5 Å². The SMILES string of the molecule is Cc1nnsc1CN1CCCC[C@@H]1c1nccs1. The van der Waals surface area contributed by atoms with Gasteiger partial charge in [0.15, 0.2) is 0 Å². The molecule has 3 rings (SSSR count). The second-order valence-electron chi connectivity index (χ2n) is 4.63. The summed E-state index contributed by atoms with van der Waals surface area (Å²) >= 11 is 3.29. The Balaban J connectivity index is 1.78. The Morgan fingerprint density at radius 1 is 1.44 bits per heavy atom. The van der Waals surface area contributed by atoms with E-state index in [2.05, 4.69) is 24.9 Å². The van der Waals surface area contributed by atoms with Crippen molar-refractivity contribution in [1.29, 1.82) is 0 Å². The summed E-state index contributed by atoms with van der Waals surface area (Å²) in [6.45, 7) is 4.16. The molecule has 2 aromatic heterocycles. The topological polar surface area (TPSA) is 41.9 Å². The smallest absolute Gasteiger partial charge is 0.110 e. The molecule has 1 aliphatic heterocycles. The number of nitrogens with zero attached hydrogens (tertiary/aromatic N) is 4. The summed E-state index contributed by atoms with van der Waals surface area (Å²) in [5, 5.41) is 7.42. The molecule has 3 heterocycles. The maximum Gasteiger partial charge on any atom is 0.110 e. The number of rotatable bonds is 3. The highest BCUT2D eigenvalue weighted by Gasteiger charge is 2.26. The van der Waals surface area contributed by atoms with Crippen LogP contribution in [-0.2, 0) is 6.54 Å². The van der Waals surface area contributed by atoms with Gasteiger partial charge in [0, 0.05) is 18.1 Å². The lowest BCUT2D eigenvalue weighted by molar-refractivity contribution is 0.141. The lowest BCUT2D eigenvalue weighted by Gasteiger charge is -2.34. The van der Waals surface area contributed by atoms with Crippen LogP contribution in [0.3, 0.4) is 0 Å². The minimum Gasteiger partial charge on any atom is -0.289 e. The third kappa shape index (κ3) is 2.46. The molecule has 0 saturated carbocycles. The molecule has 18 heavy (non-hydrogen) atoms. The van der Waals surface area contributed by atoms with E-state index in [4.69, 9.17) is 0 Å². The zero-order valence-electron chi connectivity index (χ0n) is 10.4. The molecule has 0 aliphatic carbocycles. The number of piperidine rings is 1. The van der Waals surface area contributed by atoms with Crippen LogP contribution in [0.1, 0.15) is 40.9 Å². The summed E-state index contributed by atoms with van der Waals surface area (Å²) in [6.07, 6.45) is 5.72. The highest BCUT2D eigenvalue weighted by Crippen LogP contribution is 2.33. The van der Waals surface area contributed by atoms with E-state index in [1.165, 1.54) is 40.7 Å². The quantitative estimate of drug-likeness (QED) is 0.866. The van der Waals surface area contributed by atoms with Gasteiger partial charge in [-0.2, -0.15) is 0 Å². The first-order valence-electron chi connectivity index (χ1n) is 6.26. The molecule has 0 N–H and O–H groups in total. The van der Waals surface area contributed by atoms with Crippen LogP contribution in [0.25, 0.3) is 0 Å². The molecule has 0 amide bonds. The average molecular weight is 280 g/mol. The van der Waals surface area contributed by atoms with Gasteiger partial charge in [-0.05, 0) is 37.8 Å². The number of hydrogen-bond acceptors (Lipinski definition) is 6. The molecule has 0 bridgehead atoms. The molecule has 0 unspecified atom stereocenters. The van der Waals surface area contributed by atoms with Crippen LogP contribution < -0.4 is 0 Å². The van der Waals surface area contributed by atoms with Crippen molar-refractivity contribution in [2.45, 2.75) is 38.8 Å². The molecule has 4 nitrogen and oxygen atoms in total. The monoisotopic (exact) mass is 280 g/mol. The van der Waals surface area contributed by atoms with Crippen molar-refractivity contribution >= 4 is 22.9 Å². The van der Waals surface area contributed by atoms with Crippen LogP contribution >= 0.6 is 22.9 Å². The van der Waals surface area contributed by atoms with Crippen LogP contribution in [0.4, 0.5) is 0 Å². The number of aromatic nitrogens is 3. The summed E-state index contributed by atoms with van der Waals surface area (Å²) in [7, 11) is 0. The lowest BCUT2D eigenvalue weighted by atomic mass is 10.0. The Bertz CT molecular complexity index is 494. The van der Waals surface area contributed by atoms with E-state index >= 15 is 0 Å². The Labute approximate surface area is 115 Å². The molecule has 2 aromatic rings. The molecular formula is C12H16N4S2. The summed E-state index contributed by atoms with van der Waals surface area (Å²) in [5.74, 6) is 0. The van der Waals surface area contributed by atoms with Crippen molar-refractivity contribution in [2.75, 3.05) is 6.54 Å². The second-order valence-corrected chi connectivity index (χ2v) is 6.40. The van der Waals surface area contributed by atoms with Gasteiger partial charge in [0.2, 0.25) is 0 Å². The molecule has 1 atom stereocenters. The third-order valence-electron chi connectivity index (χ3n) is 3.44. The highest BCUT2D eigenvalue weighted by atomic mass is 32.1. The molecule has 1 aliphatic rings. The minimum absolute atomic E-state index is 0.486. The Morgan fingerprint density at radius 3 is 3.11 bits per heavy atom. The van der Waals surface area contributed by atoms with Gasteiger partial charge in [-0.15, -0.1) is 16.4 Å². The van der Waals surface area contributed by atoms with E-state index < -0.39 is 0 Å². The fourth-order valence-corrected chi connectivity index (χ4v) is 3.90. The van der Waals surface area contributed by atoms with Crippen LogP contribution in [0.15, 0.2) is 11.6 Å². The zero-order valence-corrected chi connectivity index (χ0v) is 12.0. The summed E-state index contributed by atoms with van der Waals surface area (Å²) in [4.78, 5) is 8.31. The van der Waals surface area contributed by atoms with E-state index in [0.29, 0.717) is 6.04 Å². The fourth-order valence-electron chi connectivity index (χ4n) is 2.44. The average Bonchev–Trinajstić information content (AvgIpc) is 3.03. The van der Waals surface area contributed by atoms with Gasteiger partial charge in [-0.1, -0.05) is 10.9 Å². The standard InChI is InChI=1S/C12H16N4S2/c1-9-11(18-15-14-9)8-16-6-3-2-4-10(16)12-13-5-7-17-12/h5,7,10H,2-4,6,8H2,1H3/t10-/m1/s1. The number of likely N-dealkylation sites (tertiary alicyclic amines) is 1. The molecule has 0 spiro atoms. The van der Waals surface area contributed by atoms with Crippen molar-refractivity contribution in [3.63, 3.8) is 0 Å². The number of thiazole rings is 1. The zero-order chi connectivity index (χ0) is 12.4. The first kappa shape index (κ1) is 12.2. The Hall–Kier alpha value is -0.850. The first-order chi connectivity index (χ1) is 8.84. The van der Waals surface area contributed by atoms with Crippen LogP contribution in [-0.4, -0.2) is 26.0 Å². The van der Waals surface area contributed by atoms with Gasteiger partial charge < -0.3 is 0 Å². The predicted octanol–water partition coefficient (Wildman–Crippen LogP) is 3.03.